The van der Waals surface area contributed by atoms with Gasteiger partial charge in [0.25, 0.3) is 0 Å². The number of nitrogens with zero attached hydrogens (tertiary/aromatic N) is 2. The summed E-state index contributed by atoms with van der Waals surface area (Å²) in [5, 5.41) is 0. The average Bonchev–Trinajstić information content (AvgIpc) is 3.28. The minimum absolute atomic E-state index is 0.0265. The van der Waals surface area contributed by atoms with Crippen molar-refractivity contribution >= 4 is 11.0 Å². The standard InChI is InChI=1S/C23H19F6N3O2/c1-11-17(32-20(33-11)21(2,3)4)19-30-15-10-12(9-14(18(15)31-19)22(24,25)26)13-7-5-6-8-16(13)34-23(27,28)29/h5-10H,1-4H3,(H,30,31). The summed E-state index contributed by atoms with van der Waals surface area (Å²) < 4.78 is 90.0. The Labute approximate surface area is 189 Å². The maximum Gasteiger partial charge on any atom is 0.573 e. The zero-order valence-electron chi connectivity index (χ0n) is 18.4. The highest BCUT2D eigenvalue weighted by Gasteiger charge is 2.36. The molecule has 34 heavy (non-hydrogen) atoms. The molecule has 0 saturated carbocycles. The van der Waals surface area contributed by atoms with Gasteiger partial charge < -0.3 is 14.1 Å². The number of para-hydroxylation sites is 1. The number of alkyl halides is 6. The van der Waals surface area contributed by atoms with Crippen LogP contribution in [0.25, 0.3) is 33.7 Å². The molecule has 0 atom stereocenters. The third kappa shape index (κ3) is 4.59. The van der Waals surface area contributed by atoms with Crippen molar-refractivity contribution in [3.63, 3.8) is 0 Å². The van der Waals surface area contributed by atoms with Crippen molar-refractivity contribution in [3.05, 3.63) is 53.6 Å². The zero-order chi connectivity index (χ0) is 25.1. The van der Waals surface area contributed by atoms with Crippen LogP contribution in [0, 0.1) is 6.92 Å². The predicted octanol–water partition coefficient (Wildman–Crippen LogP) is 7.41. The van der Waals surface area contributed by atoms with E-state index >= 15 is 0 Å². The molecule has 0 bridgehead atoms. The number of oxazole rings is 1. The Morgan fingerprint density at radius 1 is 0.941 bits per heavy atom. The van der Waals surface area contributed by atoms with Gasteiger partial charge in [-0.3, -0.25) is 0 Å². The second-order valence-electron chi connectivity index (χ2n) is 8.72. The van der Waals surface area contributed by atoms with Gasteiger partial charge in [0, 0.05) is 11.0 Å². The SMILES string of the molecule is Cc1oc(C(C)(C)C)nc1-c1nc2c(C(F)(F)F)cc(-c3ccccc3OC(F)(F)F)cc2[nH]1. The molecule has 1 N–H and O–H groups in total. The lowest BCUT2D eigenvalue weighted by Crippen LogP contribution is -2.17. The molecule has 0 radical (unpaired) electrons. The first-order chi connectivity index (χ1) is 15.6. The molecule has 0 spiro atoms. The molecule has 0 fully saturated rings. The predicted molar refractivity (Wildman–Crippen MR) is 112 cm³/mol. The molecule has 4 aromatic rings. The Morgan fingerprint density at radius 2 is 1.62 bits per heavy atom. The number of imidazole rings is 1. The molecule has 0 saturated heterocycles. The highest BCUT2D eigenvalue weighted by molar-refractivity contribution is 5.89. The number of H-pyrrole nitrogens is 1. The number of ether oxygens (including phenoxy) is 1. The van der Waals surface area contributed by atoms with Gasteiger partial charge in [0.15, 0.2) is 11.7 Å². The van der Waals surface area contributed by atoms with Crippen LogP contribution in [-0.2, 0) is 11.6 Å². The number of nitrogens with one attached hydrogen (secondary N) is 1. The van der Waals surface area contributed by atoms with Gasteiger partial charge in [0.05, 0.1) is 11.1 Å². The van der Waals surface area contributed by atoms with Crippen molar-refractivity contribution in [3.8, 4) is 28.4 Å². The highest BCUT2D eigenvalue weighted by Crippen LogP contribution is 2.41. The number of benzene rings is 2. The minimum Gasteiger partial charge on any atom is -0.445 e. The number of fused-ring (bicyclic) bond motifs is 1. The van der Waals surface area contributed by atoms with E-state index in [0.717, 1.165) is 12.1 Å². The average molecular weight is 483 g/mol. The van der Waals surface area contributed by atoms with E-state index in [2.05, 4.69) is 19.7 Å². The van der Waals surface area contributed by atoms with Crippen LogP contribution in [0.1, 0.15) is 38.0 Å². The lowest BCUT2D eigenvalue weighted by Gasteiger charge is -2.15. The molecular weight excluding hydrogens is 464 g/mol. The van der Waals surface area contributed by atoms with Crippen LogP contribution in [-0.4, -0.2) is 21.3 Å². The number of hydrogen-bond donors (Lipinski definition) is 1. The van der Waals surface area contributed by atoms with E-state index in [1.165, 1.54) is 24.3 Å². The summed E-state index contributed by atoms with van der Waals surface area (Å²) in [5.41, 5.74) is -2.00. The summed E-state index contributed by atoms with van der Waals surface area (Å²) >= 11 is 0. The van der Waals surface area contributed by atoms with Gasteiger partial charge in [0.1, 0.15) is 22.7 Å². The Bertz CT molecular complexity index is 1360. The molecule has 4 rings (SSSR count). The first kappa shape index (κ1) is 23.7. The van der Waals surface area contributed by atoms with Crippen LogP contribution in [0.15, 0.2) is 40.8 Å². The second kappa shape index (κ2) is 7.78. The van der Waals surface area contributed by atoms with Gasteiger partial charge in [-0.15, -0.1) is 13.2 Å². The lowest BCUT2D eigenvalue weighted by atomic mass is 9.97. The molecular formula is C23H19F6N3O2. The van der Waals surface area contributed by atoms with Crippen LogP contribution < -0.4 is 4.74 Å². The Hall–Kier alpha value is -3.50. The van der Waals surface area contributed by atoms with Gasteiger partial charge in [-0.25, -0.2) is 9.97 Å². The van der Waals surface area contributed by atoms with Crippen molar-refractivity contribution in [2.75, 3.05) is 0 Å². The van der Waals surface area contributed by atoms with Crippen LogP contribution in [0.3, 0.4) is 0 Å². The van der Waals surface area contributed by atoms with Gasteiger partial charge in [-0.2, -0.15) is 13.2 Å². The molecule has 5 nitrogen and oxygen atoms in total. The molecule has 2 aromatic carbocycles. The smallest absolute Gasteiger partial charge is 0.445 e. The van der Waals surface area contributed by atoms with Gasteiger partial charge in [-0.1, -0.05) is 39.0 Å². The molecule has 2 heterocycles. The molecule has 0 aliphatic rings. The van der Waals surface area contributed by atoms with E-state index in [1.54, 1.807) is 6.92 Å². The third-order valence-electron chi connectivity index (χ3n) is 4.98. The number of aryl methyl sites for hydroxylation is 1. The van der Waals surface area contributed by atoms with E-state index in [4.69, 9.17) is 4.42 Å². The van der Waals surface area contributed by atoms with Gasteiger partial charge in [0.2, 0.25) is 0 Å². The Balaban J connectivity index is 1.92. The molecule has 2 aromatic heterocycles. The largest absolute Gasteiger partial charge is 0.573 e. The van der Waals surface area contributed by atoms with E-state index in [9.17, 15) is 26.3 Å². The number of aromatic nitrogens is 3. The summed E-state index contributed by atoms with van der Waals surface area (Å²) in [6.07, 6.45) is -9.83. The van der Waals surface area contributed by atoms with E-state index in [-0.39, 0.29) is 33.7 Å². The molecule has 0 unspecified atom stereocenters. The van der Waals surface area contributed by atoms with Crippen molar-refractivity contribution in [1.29, 1.82) is 0 Å². The molecule has 0 aliphatic carbocycles. The quantitative estimate of drug-likeness (QED) is 0.308. The monoisotopic (exact) mass is 483 g/mol. The fourth-order valence-electron chi connectivity index (χ4n) is 3.46. The third-order valence-corrected chi connectivity index (χ3v) is 4.98. The molecule has 0 amide bonds. The summed E-state index contributed by atoms with van der Waals surface area (Å²) in [6.45, 7) is 7.23. The van der Waals surface area contributed by atoms with E-state index in [1.807, 2.05) is 20.8 Å². The maximum absolute atomic E-state index is 13.9. The maximum atomic E-state index is 13.9. The van der Waals surface area contributed by atoms with Gasteiger partial charge >= 0.3 is 12.5 Å². The van der Waals surface area contributed by atoms with Crippen LogP contribution in [0.2, 0.25) is 0 Å². The van der Waals surface area contributed by atoms with Crippen molar-refractivity contribution in [1.82, 2.24) is 15.0 Å². The Kier molecular flexibility index (Phi) is 5.41. The van der Waals surface area contributed by atoms with Crippen LogP contribution in [0.5, 0.6) is 5.75 Å². The van der Waals surface area contributed by atoms with Crippen molar-refractivity contribution in [2.24, 2.45) is 0 Å². The second-order valence-corrected chi connectivity index (χ2v) is 8.72. The first-order valence-corrected chi connectivity index (χ1v) is 10.1. The van der Waals surface area contributed by atoms with Crippen molar-refractivity contribution < 1.29 is 35.5 Å². The number of hydrogen-bond acceptors (Lipinski definition) is 4. The van der Waals surface area contributed by atoms with Crippen LogP contribution >= 0.6 is 0 Å². The number of aromatic amines is 1. The molecule has 180 valence electrons. The fraction of sp³-hybridized carbons (Fsp3) is 0.304. The lowest BCUT2D eigenvalue weighted by molar-refractivity contribution is -0.274. The summed E-state index contributed by atoms with van der Waals surface area (Å²) in [5.74, 6) is 0.177. The summed E-state index contributed by atoms with van der Waals surface area (Å²) in [6, 6.07) is 7.02. The first-order valence-electron chi connectivity index (χ1n) is 10.1. The Morgan fingerprint density at radius 3 is 2.21 bits per heavy atom. The van der Waals surface area contributed by atoms with Crippen LogP contribution in [0.4, 0.5) is 26.3 Å². The normalized spacial score (nSPS) is 13.0. The topological polar surface area (TPSA) is 63.9 Å². The highest BCUT2D eigenvalue weighted by atomic mass is 19.4. The summed E-state index contributed by atoms with van der Waals surface area (Å²) in [7, 11) is 0. The fourth-order valence-corrected chi connectivity index (χ4v) is 3.46. The number of halogens is 6. The summed E-state index contributed by atoms with van der Waals surface area (Å²) in [4.78, 5) is 11.3. The van der Waals surface area contributed by atoms with E-state index in [0.29, 0.717) is 11.7 Å². The van der Waals surface area contributed by atoms with Gasteiger partial charge in [-0.05, 0) is 30.7 Å². The van der Waals surface area contributed by atoms with Crippen molar-refractivity contribution in [2.45, 2.75) is 45.6 Å². The van der Waals surface area contributed by atoms with E-state index < -0.39 is 29.3 Å². The molecule has 0 aliphatic heterocycles. The number of rotatable bonds is 3. The minimum atomic E-state index is -5.01. The zero-order valence-corrected chi connectivity index (χ0v) is 18.4. The molecule has 11 heteroatoms.